The number of alkyl halides is 3. The lowest BCUT2D eigenvalue weighted by Crippen LogP contribution is -2.32. The van der Waals surface area contributed by atoms with Crippen LogP contribution in [-0.4, -0.2) is 53.3 Å². The molecule has 1 saturated heterocycles. The summed E-state index contributed by atoms with van der Waals surface area (Å²) in [6, 6.07) is 1.35. The zero-order valence-corrected chi connectivity index (χ0v) is 11.3. The highest BCUT2D eigenvalue weighted by Gasteiger charge is 2.26. The Bertz CT molecular complexity index is 494. The van der Waals surface area contributed by atoms with E-state index in [9.17, 15) is 18.0 Å². The van der Waals surface area contributed by atoms with Crippen molar-refractivity contribution in [1.82, 2.24) is 20.2 Å². The van der Waals surface area contributed by atoms with E-state index < -0.39 is 12.6 Å². The number of halogens is 3. The van der Waals surface area contributed by atoms with E-state index in [4.69, 9.17) is 0 Å². The lowest BCUT2D eigenvalue weighted by Gasteiger charge is -2.14. The van der Waals surface area contributed by atoms with Gasteiger partial charge in [0, 0.05) is 44.5 Å². The normalized spacial score (nSPS) is 15.2. The lowest BCUT2D eigenvalue weighted by atomic mass is 10.2. The first kappa shape index (κ1) is 15.3. The summed E-state index contributed by atoms with van der Waals surface area (Å²) in [5, 5.41) is 5.58. The molecule has 2 heterocycles. The summed E-state index contributed by atoms with van der Waals surface area (Å²) in [7, 11) is 0. The average Bonchev–Trinajstić information content (AvgIpc) is 2.82. The monoisotopic (exact) mass is 303 g/mol. The molecule has 9 heteroatoms. The number of amides is 2. The zero-order valence-electron chi connectivity index (χ0n) is 11.3. The lowest BCUT2D eigenvalue weighted by molar-refractivity contribution is -0.134. The number of aryl methyl sites for hydroxylation is 1. The molecule has 0 bridgehead atoms. The van der Waals surface area contributed by atoms with E-state index in [0.717, 1.165) is 0 Å². The fourth-order valence-corrected chi connectivity index (χ4v) is 1.92. The zero-order chi connectivity index (χ0) is 15.3. The first-order valence-corrected chi connectivity index (χ1v) is 6.59. The maximum absolute atomic E-state index is 12.2. The second kappa shape index (κ2) is 6.59. The van der Waals surface area contributed by atoms with E-state index in [0.29, 0.717) is 31.9 Å². The Morgan fingerprint density at radius 1 is 1.43 bits per heavy atom. The van der Waals surface area contributed by atoms with E-state index in [1.165, 1.54) is 12.3 Å². The maximum Gasteiger partial charge on any atom is 0.389 e. The predicted octanol–water partition coefficient (Wildman–Crippen LogP) is 1.41. The summed E-state index contributed by atoms with van der Waals surface area (Å²) >= 11 is 0. The third-order valence-electron chi connectivity index (χ3n) is 2.99. The molecule has 116 valence electrons. The molecule has 1 aliphatic rings. The number of carbonyl (C=O) groups excluding carboxylic acids is 1. The van der Waals surface area contributed by atoms with Gasteiger partial charge in [0.15, 0.2) is 0 Å². The molecule has 0 aromatic carbocycles. The number of hydrogen-bond donors (Lipinski definition) is 2. The van der Waals surface area contributed by atoms with Gasteiger partial charge in [-0.15, -0.1) is 0 Å². The van der Waals surface area contributed by atoms with Crippen LogP contribution in [0.5, 0.6) is 0 Å². The van der Waals surface area contributed by atoms with E-state index in [1.807, 2.05) is 0 Å². The Morgan fingerprint density at radius 3 is 2.90 bits per heavy atom. The van der Waals surface area contributed by atoms with Crippen molar-refractivity contribution in [2.45, 2.75) is 19.0 Å². The van der Waals surface area contributed by atoms with Crippen LogP contribution in [0.15, 0.2) is 12.3 Å². The van der Waals surface area contributed by atoms with Crippen LogP contribution < -0.4 is 10.6 Å². The number of hydrogen-bond acceptors (Lipinski definition) is 4. The Labute approximate surface area is 119 Å². The third kappa shape index (κ3) is 5.09. The predicted molar refractivity (Wildman–Crippen MR) is 69.9 cm³/mol. The number of anilines is 1. The standard InChI is InChI=1S/C12H16F3N5O/c13-12(14,15)3-1-9-2-4-16-10(19-9)17-5-7-20-8-6-18-11(20)21/h2,4H,1,3,5-8H2,(H,18,21)(H,16,17,19). The van der Waals surface area contributed by atoms with Crippen LogP contribution in [-0.2, 0) is 6.42 Å². The van der Waals surface area contributed by atoms with Gasteiger partial charge in [-0.25, -0.2) is 14.8 Å². The molecule has 1 aromatic rings. The van der Waals surface area contributed by atoms with Gasteiger partial charge in [0.2, 0.25) is 5.95 Å². The van der Waals surface area contributed by atoms with E-state index in [2.05, 4.69) is 20.6 Å². The average molecular weight is 303 g/mol. The summed E-state index contributed by atoms with van der Waals surface area (Å²) < 4.78 is 36.5. The summed E-state index contributed by atoms with van der Waals surface area (Å²) in [6.45, 7) is 2.20. The maximum atomic E-state index is 12.2. The Balaban J connectivity index is 1.79. The van der Waals surface area contributed by atoms with Crippen LogP contribution in [0.1, 0.15) is 12.1 Å². The molecule has 1 aliphatic heterocycles. The highest BCUT2D eigenvalue weighted by atomic mass is 19.4. The summed E-state index contributed by atoms with van der Waals surface area (Å²) in [4.78, 5) is 20.9. The second-order valence-electron chi connectivity index (χ2n) is 4.63. The van der Waals surface area contributed by atoms with Gasteiger partial charge in [0.05, 0.1) is 0 Å². The molecule has 0 saturated carbocycles. The smallest absolute Gasteiger partial charge is 0.352 e. The number of carbonyl (C=O) groups is 1. The molecule has 0 aliphatic carbocycles. The Morgan fingerprint density at radius 2 is 2.24 bits per heavy atom. The van der Waals surface area contributed by atoms with Crippen LogP contribution in [0, 0.1) is 0 Å². The van der Waals surface area contributed by atoms with Crippen LogP contribution in [0.25, 0.3) is 0 Å². The number of nitrogens with one attached hydrogen (secondary N) is 2. The van der Waals surface area contributed by atoms with E-state index >= 15 is 0 Å². The molecule has 0 spiro atoms. The van der Waals surface area contributed by atoms with Gasteiger partial charge in [-0.05, 0) is 12.5 Å². The van der Waals surface area contributed by atoms with Gasteiger partial charge in [0.1, 0.15) is 0 Å². The number of rotatable bonds is 6. The van der Waals surface area contributed by atoms with Crippen molar-refractivity contribution in [2.24, 2.45) is 0 Å². The summed E-state index contributed by atoms with van der Waals surface area (Å²) in [6.07, 6.45) is -3.85. The Hall–Kier alpha value is -2.06. The third-order valence-corrected chi connectivity index (χ3v) is 2.99. The SMILES string of the molecule is O=C1NCCN1CCNc1nccc(CCC(F)(F)F)n1. The molecule has 6 nitrogen and oxygen atoms in total. The second-order valence-corrected chi connectivity index (χ2v) is 4.63. The van der Waals surface area contributed by atoms with E-state index in [-0.39, 0.29) is 18.4 Å². The minimum atomic E-state index is -4.19. The topological polar surface area (TPSA) is 70.2 Å². The summed E-state index contributed by atoms with van der Waals surface area (Å²) in [5.74, 6) is 0.272. The molecule has 1 fully saturated rings. The van der Waals surface area contributed by atoms with Crippen LogP contribution in [0.2, 0.25) is 0 Å². The van der Waals surface area contributed by atoms with Crippen molar-refractivity contribution in [3.05, 3.63) is 18.0 Å². The molecular weight excluding hydrogens is 287 g/mol. The molecule has 0 radical (unpaired) electrons. The fourth-order valence-electron chi connectivity index (χ4n) is 1.92. The Kier molecular flexibility index (Phi) is 4.81. The van der Waals surface area contributed by atoms with Crippen molar-refractivity contribution < 1.29 is 18.0 Å². The number of urea groups is 1. The van der Waals surface area contributed by atoms with Crippen molar-refractivity contribution in [1.29, 1.82) is 0 Å². The van der Waals surface area contributed by atoms with Crippen molar-refractivity contribution in [2.75, 3.05) is 31.5 Å². The first-order chi connectivity index (χ1) is 9.94. The van der Waals surface area contributed by atoms with Crippen LogP contribution in [0.3, 0.4) is 0 Å². The van der Waals surface area contributed by atoms with Crippen molar-refractivity contribution in [3.8, 4) is 0 Å². The quantitative estimate of drug-likeness (QED) is 0.833. The number of aromatic nitrogens is 2. The van der Waals surface area contributed by atoms with Gasteiger partial charge in [-0.1, -0.05) is 0 Å². The van der Waals surface area contributed by atoms with Gasteiger partial charge in [0.25, 0.3) is 0 Å². The van der Waals surface area contributed by atoms with Gasteiger partial charge >= 0.3 is 12.2 Å². The minimum Gasteiger partial charge on any atom is -0.352 e. The molecule has 2 amide bonds. The molecule has 0 atom stereocenters. The van der Waals surface area contributed by atoms with Gasteiger partial charge in [-0.3, -0.25) is 0 Å². The number of nitrogens with zero attached hydrogens (tertiary/aromatic N) is 3. The minimum absolute atomic E-state index is 0.114. The fraction of sp³-hybridized carbons (Fsp3) is 0.583. The molecule has 2 N–H and O–H groups in total. The van der Waals surface area contributed by atoms with Crippen LogP contribution in [0.4, 0.5) is 23.9 Å². The van der Waals surface area contributed by atoms with Gasteiger partial charge in [-0.2, -0.15) is 13.2 Å². The molecule has 0 unspecified atom stereocenters. The van der Waals surface area contributed by atoms with Crippen molar-refractivity contribution in [3.63, 3.8) is 0 Å². The molecular formula is C12H16F3N5O. The highest BCUT2D eigenvalue weighted by Crippen LogP contribution is 2.21. The first-order valence-electron chi connectivity index (χ1n) is 6.59. The van der Waals surface area contributed by atoms with Crippen molar-refractivity contribution >= 4 is 12.0 Å². The highest BCUT2D eigenvalue weighted by molar-refractivity contribution is 5.76. The van der Waals surface area contributed by atoms with Crippen LogP contribution >= 0.6 is 0 Å². The summed E-state index contributed by atoms with van der Waals surface area (Å²) in [5.41, 5.74) is 0.337. The molecule has 21 heavy (non-hydrogen) atoms. The molecule has 1 aromatic heterocycles. The van der Waals surface area contributed by atoms with Gasteiger partial charge < -0.3 is 15.5 Å². The largest absolute Gasteiger partial charge is 0.389 e. The van der Waals surface area contributed by atoms with E-state index in [1.54, 1.807) is 4.90 Å². The molecule has 2 rings (SSSR count).